The number of carbonyl (C=O) groups excluding carboxylic acids is 1. The van der Waals surface area contributed by atoms with Gasteiger partial charge in [0.05, 0.1) is 24.8 Å². The number of ether oxygens (including phenoxy) is 2. The Bertz CT molecular complexity index is 1220. The summed E-state index contributed by atoms with van der Waals surface area (Å²) >= 11 is 0. The zero-order valence-electron chi connectivity index (χ0n) is 21.7. The van der Waals surface area contributed by atoms with E-state index in [0.717, 1.165) is 16.9 Å². The fourth-order valence-electron chi connectivity index (χ4n) is 4.33. The molecule has 1 aliphatic rings. The smallest absolute Gasteiger partial charge is 0.268 e. The van der Waals surface area contributed by atoms with E-state index in [2.05, 4.69) is 48.1 Å². The molecule has 0 spiro atoms. The molecule has 1 aliphatic heterocycles. The number of hydrogen-bond acceptors (Lipinski definition) is 6. The number of pyridine rings is 1. The SMILES string of the molecule is COCCN1CCN=C(C(C(=N)c2ccncc2)c2ccc(OCc3ccc(C(C)C)cc3)cc2)C1=O. The van der Waals surface area contributed by atoms with E-state index in [1.807, 2.05) is 24.3 Å². The maximum Gasteiger partial charge on any atom is 0.268 e. The summed E-state index contributed by atoms with van der Waals surface area (Å²) < 4.78 is 11.2. The van der Waals surface area contributed by atoms with Crippen LogP contribution in [0.1, 0.15) is 47.9 Å². The van der Waals surface area contributed by atoms with Gasteiger partial charge in [-0.3, -0.25) is 14.8 Å². The van der Waals surface area contributed by atoms with Crippen LogP contribution >= 0.6 is 0 Å². The van der Waals surface area contributed by atoms with Crippen molar-refractivity contribution in [2.24, 2.45) is 4.99 Å². The standard InChI is InChI=1S/C30H34N4O3/c1-21(2)23-6-4-22(5-7-23)20-37-26-10-8-24(9-11-26)27(28(31)25-12-14-32-15-13-25)29-30(35)34(17-16-33-29)18-19-36-3/h4-15,21,27,31H,16-20H2,1-3H3. The molecular weight excluding hydrogens is 464 g/mol. The van der Waals surface area contributed by atoms with Gasteiger partial charge in [-0.1, -0.05) is 50.2 Å². The zero-order chi connectivity index (χ0) is 26.2. The van der Waals surface area contributed by atoms with E-state index in [0.29, 0.717) is 55.8 Å². The largest absolute Gasteiger partial charge is 0.489 e. The molecule has 2 aromatic carbocycles. The highest BCUT2D eigenvalue weighted by Crippen LogP contribution is 2.27. The quantitative estimate of drug-likeness (QED) is 0.382. The summed E-state index contributed by atoms with van der Waals surface area (Å²) in [5.74, 6) is 0.466. The molecule has 0 saturated heterocycles. The van der Waals surface area contributed by atoms with Crippen molar-refractivity contribution in [2.45, 2.75) is 32.3 Å². The molecule has 0 bridgehead atoms. The predicted octanol–water partition coefficient (Wildman–Crippen LogP) is 4.87. The number of nitrogens with zero attached hydrogens (tertiary/aromatic N) is 3. The first kappa shape index (κ1) is 26.2. The van der Waals surface area contributed by atoms with Crippen molar-refractivity contribution in [3.05, 3.63) is 95.3 Å². The van der Waals surface area contributed by atoms with Crippen LogP contribution in [0.25, 0.3) is 0 Å². The molecule has 2 heterocycles. The highest BCUT2D eigenvalue weighted by molar-refractivity contribution is 6.46. The molecule has 1 amide bonds. The molecule has 37 heavy (non-hydrogen) atoms. The number of hydrogen-bond donors (Lipinski definition) is 1. The average Bonchev–Trinajstić information content (AvgIpc) is 2.93. The lowest BCUT2D eigenvalue weighted by Gasteiger charge is -2.30. The van der Waals surface area contributed by atoms with E-state index in [-0.39, 0.29) is 5.91 Å². The summed E-state index contributed by atoms with van der Waals surface area (Å²) in [5, 5.41) is 9.01. The van der Waals surface area contributed by atoms with Crippen molar-refractivity contribution in [1.82, 2.24) is 9.88 Å². The van der Waals surface area contributed by atoms with Crippen molar-refractivity contribution >= 4 is 17.3 Å². The van der Waals surface area contributed by atoms with Crippen LogP contribution in [0.3, 0.4) is 0 Å². The van der Waals surface area contributed by atoms with Gasteiger partial charge in [-0.05, 0) is 52.4 Å². The highest BCUT2D eigenvalue weighted by Gasteiger charge is 2.34. The van der Waals surface area contributed by atoms with E-state index in [1.165, 1.54) is 5.56 Å². The third-order valence-electron chi connectivity index (χ3n) is 6.54. The summed E-state index contributed by atoms with van der Waals surface area (Å²) in [7, 11) is 1.62. The second-order valence-electron chi connectivity index (χ2n) is 9.39. The molecule has 3 aromatic rings. The molecule has 1 unspecified atom stereocenters. The molecule has 7 nitrogen and oxygen atoms in total. The molecular formula is C30H34N4O3. The first-order valence-corrected chi connectivity index (χ1v) is 12.6. The molecule has 0 radical (unpaired) electrons. The second kappa shape index (κ2) is 12.4. The highest BCUT2D eigenvalue weighted by atomic mass is 16.5. The van der Waals surface area contributed by atoms with Crippen LogP contribution in [-0.2, 0) is 16.1 Å². The molecule has 192 valence electrons. The van der Waals surface area contributed by atoms with Crippen LogP contribution in [0.4, 0.5) is 0 Å². The maximum atomic E-state index is 13.4. The summed E-state index contributed by atoms with van der Waals surface area (Å²) in [6, 6.07) is 19.7. The molecule has 0 saturated carbocycles. The lowest BCUT2D eigenvalue weighted by molar-refractivity contribution is -0.125. The molecule has 0 aliphatic carbocycles. The monoisotopic (exact) mass is 498 g/mol. The van der Waals surface area contributed by atoms with Crippen LogP contribution in [0.5, 0.6) is 5.75 Å². The minimum Gasteiger partial charge on any atom is -0.489 e. The number of aromatic nitrogens is 1. The van der Waals surface area contributed by atoms with Gasteiger partial charge in [-0.2, -0.15) is 0 Å². The lowest BCUT2D eigenvalue weighted by Crippen LogP contribution is -2.46. The van der Waals surface area contributed by atoms with Crippen molar-refractivity contribution in [2.75, 3.05) is 33.4 Å². The molecule has 1 N–H and O–H groups in total. The first-order chi connectivity index (χ1) is 18.0. The van der Waals surface area contributed by atoms with Gasteiger partial charge in [-0.25, -0.2) is 0 Å². The Morgan fingerprint density at radius 2 is 1.68 bits per heavy atom. The number of aliphatic imine (C=N–C) groups is 1. The minimum absolute atomic E-state index is 0.155. The Morgan fingerprint density at radius 3 is 2.32 bits per heavy atom. The molecule has 4 rings (SSSR count). The number of amides is 1. The third kappa shape index (κ3) is 6.49. The van der Waals surface area contributed by atoms with Gasteiger partial charge in [0, 0.05) is 32.6 Å². The Morgan fingerprint density at radius 1 is 1.00 bits per heavy atom. The van der Waals surface area contributed by atoms with Gasteiger partial charge in [-0.15, -0.1) is 0 Å². The van der Waals surface area contributed by atoms with Crippen molar-refractivity contribution in [3.63, 3.8) is 0 Å². The van der Waals surface area contributed by atoms with Crippen molar-refractivity contribution in [1.29, 1.82) is 5.41 Å². The summed E-state index contributed by atoms with van der Waals surface area (Å²) in [4.78, 5) is 23.8. The van der Waals surface area contributed by atoms with Gasteiger partial charge >= 0.3 is 0 Å². The third-order valence-corrected chi connectivity index (χ3v) is 6.54. The van der Waals surface area contributed by atoms with Gasteiger partial charge in [0.25, 0.3) is 5.91 Å². The average molecular weight is 499 g/mol. The summed E-state index contributed by atoms with van der Waals surface area (Å²) in [5.41, 5.74) is 4.61. The molecule has 7 heteroatoms. The van der Waals surface area contributed by atoms with E-state index in [9.17, 15) is 4.79 Å². The fourth-order valence-corrected chi connectivity index (χ4v) is 4.33. The molecule has 1 aromatic heterocycles. The van der Waals surface area contributed by atoms with Gasteiger partial charge < -0.3 is 19.8 Å². The van der Waals surface area contributed by atoms with Crippen LogP contribution in [0.15, 0.2) is 78.0 Å². The lowest BCUT2D eigenvalue weighted by atomic mass is 9.85. The van der Waals surface area contributed by atoms with E-state index >= 15 is 0 Å². The van der Waals surface area contributed by atoms with Crippen LogP contribution < -0.4 is 4.74 Å². The number of nitrogens with one attached hydrogen (secondary N) is 1. The van der Waals surface area contributed by atoms with Crippen LogP contribution in [0, 0.1) is 5.41 Å². The normalized spacial score (nSPS) is 14.4. The minimum atomic E-state index is -0.599. The van der Waals surface area contributed by atoms with E-state index in [1.54, 1.807) is 36.5 Å². The number of carbonyl (C=O) groups is 1. The summed E-state index contributed by atoms with van der Waals surface area (Å²) in [6.07, 6.45) is 3.31. The topological polar surface area (TPSA) is 87.9 Å². The van der Waals surface area contributed by atoms with Crippen LogP contribution in [-0.4, -0.2) is 60.6 Å². The van der Waals surface area contributed by atoms with Gasteiger partial charge in [0.15, 0.2) is 0 Å². The Balaban J connectivity index is 1.55. The van der Waals surface area contributed by atoms with E-state index in [4.69, 9.17) is 14.9 Å². The van der Waals surface area contributed by atoms with Crippen molar-refractivity contribution in [3.8, 4) is 5.75 Å². The Hall–Kier alpha value is -3.84. The number of rotatable bonds is 11. The molecule has 1 atom stereocenters. The van der Waals surface area contributed by atoms with E-state index < -0.39 is 5.92 Å². The number of methoxy groups -OCH3 is 1. The summed E-state index contributed by atoms with van der Waals surface area (Å²) in [6.45, 7) is 6.82. The second-order valence-corrected chi connectivity index (χ2v) is 9.39. The first-order valence-electron chi connectivity index (χ1n) is 12.6. The van der Waals surface area contributed by atoms with Crippen molar-refractivity contribution < 1.29 is 14.3 Å². The Labute approximate surface area is 218 Å². The predicted molar refractivity (Wildman–Crippen MR) is 146 cm³/mol. The Kier molecular flexibility index (Phi) is 8.80. The maximum absolute atomic E-state index is 13.4. The number of benzene rings is 2. The zero-order valence-corrected chi connectivity index (χ0v) is 21.7. The van der Waals surface area contributed by atoms with Gasteiger partial charge in [0.2, 0.25) is 0 Å². The fraction of sp³-hybridized carbons (Fsp3) is 0.333. The molecule has 0 fully saturated rings. The van der Waals surface area contributed by atoms with Crippen LogP contribution in [0.2, 0.25) is 0 Å². The van der Waals surface area contributed by atoms with Gasteiger partial charge in [0.1, 0.15) is 18.1 Å².